The van der Waals surface area contributed by atoms with Gasteiger partial charge in [0.25, 0.3) is 0 Å². The van der Waals surface area contributed by atoms with Crippen molar-refractivity contribution in [2.24, 2.45) is 0 Å². The van der Waals surface area contributed by atoms with Gasteiger partial charge >= 0.3 is 5.97 Å². The molecule has 170 valence electrons. The van der Waals surface area contributed by atoms with Gasteiger partial charge in [-0.1, -0.05) is 41.0 Å². The first-order valence-electron chi connectivity index (χ1n) is 9.81. The van der Waals surface area contributed by atoms with Gasteiger partial charge in [-0.15, -0.1) is 5.10 Å². The van der Waals surface area contributed by atoms with Gasteiger partial charge in [0.1, 0.15) is 5.03 Å². The summed E-state index contributed by atoms with van der Waals surface area (Å²) in [7, 11) is 0. The monoisotopic (exact) mass is 496 g/mol. The van der Waals surface area contributed by atoms with Crippen LogP contribution in [0, 0.1) is 0 Å². The van der Waals surface area contributed by atoms with Gasteiger partial charge in [0, 0.05) is 32.3 Å². The molecule has 1 unspecified atom stereocenters. The summed E-state index contributed by atoms with van der Waals surface area (Å²) in [5, 5.41) is 21.0. The number of hydrogen-bond donors (Lipinski definition) is 2. The number of carboxylic acid groups (broad SMARTS) is 1. The summed E-state index contributed by atoms with van der Waals surface area (Å²) >= 11 is 13.3. The van der Waals surface area contributed by atoms with E-state index in [1.807, 2.05) is 12.1 Å². The largest absolute Gasteiger partial charge is 0.478 e. The van der Waals surface area contributed by atoms with Gasteiger partial charge in [0.05, 0.1) is 34.2 Å². The number of benzene rings is 1. The van der Waals surface area contributed by atoms with Gasteiger partial charge in [-0.3, -0.25) is 9.69 Å². The number of aliphatic carboxylic acids is 1. The number of hydrogen-bond acceptors (Lipinski definition) is 7. The molecule has 0 bridgehead atoms. The fourth-order valence-corrected chi connectivity index (χ4v) is 3.98. The normalized spacial score (nSPS) is 16.9. The first-order chi connectivity index (χ1) is 15.4. The van der Waals surface area contributed by atoms with Crippen molar-refractivity contribution in [3.63, 3.8) is 0 Å². The minimum Gasteiger partial charge on any atom is -0.478 e. The Kier molecular flexibility index (Phi) is 9.31. The first-order valence-corrected chi connectivity index (χ1v) is 11.6. The van der Waals surface area contributed by atoms with Crippen LogP contribution in [0.1, 0.15) is 11.3 Å². The smallest absolute Gasteiger partial charge is 0.328 e. The first kappa shape index (κ1) is 24.5. The van der Waals surface area contributed by atoms with E-state index >= 15 is 0 Å². The highest BCUT2D eigenvalue weighted by Crippen LogP contribution is 2.23. The molecule has 1 atom stereocenters. The van der Waals surface area contributed by atoms with Crippen LogP contribution in [0.4, 0.5) is 0 Å². The third-order valence-corrected chi connectivity index (χ3v) is 6.21. The molecule has 2 N–H and O–H groups in total. The lowest BCUT2D eigenvalue weighted by Crippen LogP contribution is -2.47. The summed E-state index contributed by atoms with van der Waals surface area (Å²) in [4.78, 5) is 25.0. The predicted octanol–water partition coefficient (Wildman–Crippen LogP) is 2.99. The maximum Gasteiger partial charge on any atom is 0.328 e. The van der Waals surface area contributed by atoms with Gasteiger partial charge in [0.15, 0.2) is 0 Å². The van der Waals surface area contributed by atoms with E-state index in [4.69, 9.17) is 33.0 Å². The minimum absolute atomic E-state index is 0.0967. The Labute approximate surface area is 199 Å². The summed E-state index contributed by atoms with van der Waals surface area (Å²) in [6.45, 7) is 3.24. The molecule has 1 aromatic heterocycles. The highest BCUT2D eigenvalue weighted by molar-refractivity contribution is 7.99. The molecule has 1 aliphatic rings. The van der Waals surface area contributed by atoms with Gasteiger partial charge < -0.3 is 15.2 Å². The second-order valence-corrected chi connectivity index (χ2v) is 8.85. The molecule has 0 aliphatic carbocycles. The maximum absolute atomic E-state index is 12.2. The number of nitrogens with one attached hydrogen (secondary N) is 1. The third kappa shape index (κ3) is 8.07. The number of halogens is 2. The van der Waals surface area contributed by atoms with Crippen LogP contribution in [0.5, 0.6) is 0 Å². The van der Waals surface area contributed by atoms with Gasteiger partial charge in [-0.2, -0.15) is 5.10 Å². The average Bonchev–Trinajstić information content (AvgIpc) is 2.78. The lowest BCUT2D eigenvalue weighted by Gasteiger charge is -2.33. The third-order valence-electron chi connectivity index (χ3n) is 4.55. The van der Waals surface area contributed by atoms with Crippen LogP contribution in [0.3, 0.4) is 0 Å². The lowest BCUT2D eigenvalue weighted by atomic mass is 10.2. The summed E-state index contributed by atoms with van der Waals surface area (Å²) in [5.74, 6) is -0.989. The molecule has 2 heterocycles. The molecule has 0 saturated carbocycles. The molecular weight excluding hydrogens is 475 g/mol. The second-order valence-electron chi connectivity index (χ2n) is 7.04. The van der Waals surface area contributed by atoms with Crippen LogP contribution in [0.15, 0.2) is 41.4 Å². The molecule has 0 radical (unpaired) electrons. The number of morpholine rings is 1. The molecule has 2 aromatic rings. The fourth-order valence-electron chi connectivity index (χ4n) is 3.01. The van der Waals surface area contributed by atoms with E-state index in [2.05, 4.69) is 20.4 Å². The summed E-state index contributed by atoms with van der Waals surface area (Å²) < 4.78 is 5.77. The number of carbonyl (C=O) groups excluding carboxylic acids is 1. The number of thioether (sulfide) groups is 1. The van der Waals surface area contributed by atoms with Crippen molar-refractivity contribution < 1.29 is 19.4 Å². The summed E-state index contributed by atoms with van der Waals surface area (Å²) in [6.07, 6.45) is 2.25. The number of ether oxygens (including phenoxy) is 1. The molecule has 1 saturated heterocycles. The Hall–Kier alpha value is -2.17. The Bertz CT molecular complexity index is 975. The Balaban J connectivity index is 1.39. The Morgan fingerprint density at radius 1 is 1.25 bits per heavy atom. The molecule has 8 nitrogen and oxygen atoms in total. The van der Waals surface area contributed by atoms with Crippen molar-refractivity contribution in [3.8, 4) is 0 Å². The van der Waals surface area contributed by atoms with Gasteiger partial charge in [0.2, 0.25) is 5.91 Å². The van der Waals surface area contributed by atoms with Crippen LogP contribution in [-0.2, 0) is 20.9 Å². The van der Waals surface area contributed by atoms with E-state index in [0.717, 1.165) is 24.7 Å². The van der Waals surface area contributed by atoms with Gasteiger partial charge in [-0.25, -0.2) is 4.79 Å². The van der Waals surface area contributed by atoms with E-state index in [1.54, 1.807) is 18.2 Å². The molecule has 0 spiro atoms. The molecule has 1 aliphatic heterocycles. The predicted molar refractivity (Wildman–Crippen MR) is 124 cm³/mol. The highest BCUT2D eigenvalue weighted by atomic mass is 35.5. The van der Waals surface area contributed by atoms with E-state index in [1.165, 1.54) is 17.8 Å². The van der Waals surface area contributed by atoms with Gasteiger partial charge in [-0.05, 0) is 35.9 Å². The summed E-state index contributed by atoms with van der Waals surface area (Å²) in [6, 6.07) is 8.95. The molecule has 1 aromatic carbocycles. The van der Waals surface area contributed by atoms with Crippen molar-refractivity contribution in [3.05, 3.63) is 57.7 Å². The molecule has 1 amide bonds. The van der Waals surface area contributed by atoms with Crippen LogP contribution in [-0.4, -0.2) is 70.2 Å². The van der Waals surface area contributed by atoms with Crippen molar-refractivity contribution in [2.45, 2.75) is 17.7 Å². The maximum atomic E-state index is 12.2. The molecule has 3 rings (SSSR count). The van der Waals surface area contributed by atoms with Crippen molar-refractivity contribution in [1.29, 1.82) is 0 Å². The standard InChI is InChI=1S/C21H22Cl2N4O4S/c22-17-4-1-14(9-18(17)23)11-27-7-8-31-16(12-27)10-24-19(28)13-32-20-5-2-15(25-26-20)3-6-21(29)30/h1-6,9,16H,7-8,10-13H2,(H,24,28)(H,29,30). The van der Waals surface area contributed by atoms with Crippen molar-refractivity contribution >= 4 is 52.9 Å². The SMILES string of the molecule is O=C(O)C=Cc1ccc(SCC(=O)NCC2CN(Cc3ccc(Cl)c(Cl)c3)CCO2)nn1. The lowest BCUT2D eigenvalue weighted by molar-refractivity contribution is -0.131. The number of aromatic nitrogens is 2. The average molecular weight is 497 g/mol. The second kappa shape index (κ2) is 12.2. The van der Waals surface area contributed by atoms with E-state index in [-0.39, 0.29) is 17.8 Å². The van der Waals surface area contributed by atoms with E-state index in [9.17, 15) is 9.59 Å². The van der Waals surface area contributed by atoms with Crippen LogP contribution in [0.25, 0.3) is 6.08 Å². The quantitative estimate of drug-likeness (QED) is 0.403. The zero-order valence-corrected chi connectivity index (χ0v) is 19.4. The summed E-state index contributed by atoms with van der Waals surface area (Å²) in [5.41, 5.74) is 1.51. The number of rotatable bonds is 9. The van der Waals surface area contributed by atoms with E-state index in [0.29, 0.717) is 40.5 Å². The molecule has 32 heavy (non-hydrogen) atoms. The zero-order valence-electron chi connectivity index (χ0n) is 17.0. The molecular formula is C21H22Cl2N4O4S. The molecule has 1 fully saturated rings. The van der Waals surface area contributed by atoms with Crippen LogP contribution >= 0.6 is 35.0 Å². The minimum atomic E-state index is -1.05. The zero-order chi connectivity index (χ0) is 22.9. The van der Waals surface area contributed by atoms with Crippen molar-refractivity contribution in [1.82, 2.24) is 20.4 Å². The highest BCUT2D eigenvalue weighted by Gasteiger charge is 2.21. The fraction of sp³-hybridized carbons (Fsp3) is 0.333. The topological polar surface area (TPSA) is 105 Å². The Morgan fingerprint density at radius 2 is 2.09 bits per heavy atom. The van der Waals surface area contributed by atoms with Crippen LogP contribution < -0.4 is 5.32 Å². The van der Waals surface area contributed by atoms with E-state index < -0.39 is 5.97 Å². The number of nitrogens with zero attached hydrogens (tertiary/aromatic N) is 3. The Morgan fingerprint density at radius 3 is 2.81 bits per heavy atom. The van der Waals surface area contributed by atoms with Crippen molar-refractivity contribution in [2.75, 3.05) is 32.0 Å². The number of carbonyl (C=O) groups is 2. The van der Waals surface area contributed by atoms with Crippen LogP contribution in [0.2, 0.25) is 10.0 Å². The number of amides is 1. The molecule has 11 heteroatoms. The number of carboxylic acids is 1.